The number of Topliss-reactive ketones (excluding diaryl/α,β-unsaturated/α-hetero) is 2. The molecule has 0 aliphatic rings. The Hall–Kier alpha value is -0.970. The van der Waals surface area contributed by atoms with Crippen LogP contribution in [-0.4, -0.2) is 28.4 Å². The van der Waals surface area contributed by atoms with Crippen molar-refractivity contribution in [3.05, 3.63) is 0 Å². The zero-order chi connectivity index (χ0) is 14.2. The number of hydrogen-bond acceptors (Lipinski definition) is 5. The average molecular weight is 278 g/mol. The Balaban J connectivity index is -0.000000507. The summed E-state index contributed by atoms with van der Waals surface area (Å²) in [7, 11) is 0. The quantitative estimate of drug-likeness (QED) is 0.813. The second-order valence-corrected chi connectivity index (χ2v) is 4.67. The number of aliphatic hydroxyl groups is 1. The highest BCUT2D eigenvalue weighted by molar-refractivity contribution is 7.59. The van der Waals surface area contributed by atoms with Crippen LogP contribution < -0.4 is 0 Å². The third-order valence-electron chi connectivity index (χ3n) is 2.22. The van der Waals surface area contributed by atoms with Crippen molar-refractivity contribution in [3.8, 4) is 0 Å². The highest BCUT2D eigenvalue weighted by Crippen LogP contribution is 2.18. The smallest absolute Gasteiger partial charge is 0.373 e. The first-order chi connectivity index (χ1) is 7.60. The maximum Gasteiger partial charge on any atom is 0.373 e. The molecule has 0 bridgehead atoms. The van der Waals surface area contributed by atoms with Crippen molar-refractivity contribution < 1.29 is 24.3 Å². The lowest BCUT2D eigenvalue weighted by Gasteiger charge is -2.23. The number of carbonyl (C=O) groups is 2. The Labute approximate surface area is 114 Å². The van der Waals surface area contributed by atoms with Gasteiger partial charge in [0.05, 0.1) is 0 Å². The summed E-state index contributed by atoms with van der Waals surface area (Å²) in [6.07, 6.45) is 0.168. The van der Waals surface area contributed by atoms with E-state index in [1.54, 1.807) is 27.7 Å². The summed E-state index contributed by atoms with van der Waals surface area (Å²) in [6.45, 7) is 8.37. The lowest BCUT2D eigenvalue weighted by molar-refractivity contribution is -0.191. The summed E-state index contributed by atoms with van der Waals surface area (Å²) in [5, 5.41) is 9.80. The van der Waals surface area contributed by atoms with Gasteiger partial charge in [0.15, 0.2) is 5.78 Å². The highest BCUT2D eigenvalue weighted by atomic mass is 32.1. The van der Waals surface area contributed by atoms with Crippen LogP contribution >= 0.6 is 13.5 Å². The van der Waals surface area contributed by atoms with Crippen LogP contribution in [0.1, 0.15) is 41.0 Å². The van der Waals surface area contributed by atoms with Crippen LogP contribution in [0, 0.1) is 11.8 Å². The van der Waals surface area contributed by atoms with E-state index in [4.69, 9.17) is 9.59 Å². The molecule has 0 fully saturated rings. The van der Waals surface area contributed by atoms with Crippen molar-refractivity contribution in [2.75, 3.05) is 0 Å². The van der Waals surface area contributed by atoms with Gasteiger partial charge in [0.1, 0.15) is 11.4 Å². The molecule has 0 aromatic heterocycles. The molecule has 106 valence electrons. The molecule has 0 saturated heterocycles. The Kier molecular flexibility index (Phi) is 12.4. The van der Waals surface area contributed by atoms with Crippen molar-refractivity contribution in [3.63, 3.8) is 0 Å². The summed E-state index contributed by atoms with van der Waals surface area (Å²) in [4.78, 5) is 39.1. The molecule has 5 nitrogen and oxygen atoms in total. The molecular weight excluding hydrogens is 256 g/mol. The van der Waals surface area contributed by atoms with Gasteiger partial charge >= 0.3 is 6.15 Å². The van der Waals surface area contributed by atoms with E-state index in [2.05, 4.69) is 0 Å². The number of ketones is 2. The molecule has 1 N–H and O–H groups in total. The van der Waals surface area contributed by atoms with E-state index in [0.29, 0.717) is 0 Å². The van der Waals surface area contributed by atoms with E-state index in [-0.39, 0.29) is 49.5 Å². The van der Waals surface area contributed by atoms with Crippen LogP contribution in [0.15, 0.2) is 0 Å². The molecule has 0 unspecified atom stereocenters. The number of carbonyl (C=O) groups excluding carboxylic acids is 4. The minimum absolute atomic E-state index is 0. The van der Waals surface area contributed by atoms with Gasteiger partial charge in [-0.25, -0.2) is 0 Å². The Morgan fingerprint density at radius 1 is 1.11 bits per heavy atom. The van der Waals surface area contributed by atoms with Gasteiger partial charge < -0.3 is 5.11 Å². The van der Waals surface area contributed by atoms with Gasteiger partial charge in [-0.2, -0.15) is 23.1 Å². The Bertz CT molecular complexity index is 302. The van der Waals surface area contributed by atoms with Crippen molar-refractivity contribution in [1.82, 2.24) is 0 Å². The molecule has 1 atom stereocenters. The first-order valence-corrected chi connectivity index (χ1v) is 5.38. The van der Waals surface area contributed by atoms with E-state index in [9.17, 15) is 14.7 Å². The van der Waals surface area contributed by atoms with E-state index >= 15 is 0 Å². The molecule has 18 heavy (non-hydrogen) atoms. The van der Waals surface area contributed by atoms with E-state index < -0.39 is 5.60 Å². The van der Waals surface area contributed by atoms with E-state index in [1.807, 2.05) is 0 Å². The second kappa shape index (κ2) is 10.00. The molecule has 6 heteroatoms. The molecule has 0 aliphatic carbocycles. The SMILES string of the molecule is CC(C)C(=O)C[C@](C)(O)C(=O)C(C)C.O=C=O.S. The number of hydrogen-bond donors (Lipinski definition) is 1. The molecule has 0 rings (SSSR count). The normalized spacial score (nSPS) is 12.7. The van der Waals surface area contributed by atoms with Crippen LogP contribution in [0.2, 0.25) is 0 Å². The number of rotatable bonds is 5. The second-order valence-electron chi connectivity index (χ2n) is 4.67. The predicted molar refractivity (Wildman–Crippen MR) is 70.3 cm³/mol. The van der Waals surface area contributed by atoms with Crippen LogP contribution in [-0.2, 0) is 19.2 Å². The minimum atomic E-state index is -1.50. The predicted octanol–water partition coefficient (Wildman–Crippen LogP) is 1.11. The maximum atomic E-state index is 11.5. The van der Waals surface area contributed by atoms with Crippen molar-refractivity contribution in [2.24, 2.45) is 11.8 Å². The minimum Gasteiger partial charge on any atom is -0.382 e. The topological polar surface area (TPSA) is 88.5 Å². The molecule has 0 spiro atoms. The summed E-state index contributed by atoms with van der Waals surface area (Å²) in [5.74, 6) is -0.734. The van der Waals surface area contributed by atoms with Crippen molar-refractivity contribution in [2.45, 2.75) is 46.6 Å². The fourth-order valence-corrected chi connectivity index (χ4v) is 1.25. The molecule has 0 heterocycles. The lowest BCUT2D eigenvalue weighted by atomic mass is 9.86. The van der Waals surface area contributed by atoms with Crippen molar-refractivity contribution >= 4 is 31.2 Å². The van der Waals surface area contributed by atoms with Crippen LogP contribution in [0.4, 0.5) is 0 Å². The third kappa shape index (κ3) is 9.10. The van der Waals surface area contributed by atoms with E-state index in [0.717, 1.165) is 0 Å². The molecule has 0 aromatic rings. The molecular formula is C12H22O5S. The standard InChI is InChI=1S/C11H20O3.CO2.H2S/c1-7(2)9(12)6-11(5,14)10(13)8(3)4;2-1-3;/h7-8,14H,6H2,1-5H3;;1H2/t11-;;/m0../s1. The molecule has 0 saturated carbocycles. The summed E-state index contributed by atoms with van der Waals surface area (Å²) < 4.78 is 0. The van der Waals surface area contributed by atoms with Gasteiger partial charge in [-0.1, -0.05) is 27.7 Å². The largest absolute Gasteiger partial charge is 0.382 e. The van der Waals surface area contributed by atoms with Crippen LogP contribution in [0.25, 0.3) is 0 Å². The van der Waals surface area contributed by atoms with Gasteiger partial charge in [0, 0.05) is 18.3 Å². The Morgan fingerprint density at radius 3 is 1.67 bits per heavy atom. The third-order valence-corrected chi connectivity index (χ3v) is 2.22. The molecule has 0 amide bonds. The fourth-order valence-electron chi connectivity index (χ4n) is 1.25. The molecule has 0 aromatic carbocycles. The van der Waals surface area contributed by atoms with Gasteiger partial charge in [-0.3, -0.25) is 9.59 Å². The molecule has 0 aliphatic heterocycles. The monoisotopic (exact) mass is 278 g/mol. The first-order valence-electron chi connectivity index (χ1n) is 5.38. The first kappa shape index (κ1) is 22.2. The van der Waals surface area contributed by atoms with Gasteiger partial charge in [0.2, 0.25) is 0 Å². The van der Waals surface area contributed by atoms with Gasteiger partial charge in [-0.05, 0) is 6.92 Å². The highest BCUT2D eigenvalue weighted by Gasteiger charge is 2.34. The van der Waals surface area contributed by atoms with Crippen LogP contribution in [0.5, 0.6) is 0 Å². The molecule has 0 radical (unpaired) electrons. The van der Waals surface area contributed by atoms with Gasteiger partial charge in [-0.15, -0.1) is 0 Å². The average Bonchev–Trinajstić information content (AvgIpc) is 2.16. The summed E-state index contributed by atoms with van der Waals surface area (Å²) in [5.41, 5.74) is -1.50. The van der Waals surface area contributed by atoms with E-state index in [1.165, 1.54) is 6.92 Å². The Morgan fingerprint density at radius 2 is 1.44 bits per heavy atom. The maximum absolute atomic E-state index is 11.5. The van der Waals surface area contributed by atoms with Crippen molar-refractivity contribution in [1.29, 1.82) is 0 Å². The van der Waals surface area contributed by atoms with Crippen LogP contribution in [0.3, 0.4) is 0 Å². The fraction of sp³-hybridized carbons (Fsp3) is 0.750. The lowest BCUT2D eigenvalue weighted by Crippen LogP contribution is -2.41. The summed E-state index contributed by atoms with van der Waals surface area (Å²) in [6, 6.07) is 0. The van der Waals surface area contributed by atoms with Gasteiger partial charge in [0.25, 0.3) is 0 Å². The zero-order valence-electron chi connectivity index (χ0n) is 11.4. The summed E-state index contributed by atoms with van der Waals surface area (Å²) >= 11 is 0. The zero-order valence-corrected chi connectivity index (χ0v) is 12.4.